The molecule has 0 fully saturated rings. The SMILES string of the molecule is CCNCCNC(=O)C(NC(=O)c1cc(OC)cc(OC)c1)C(C)C.Cl. The highest BCUT2D eigenvalue weighted by Crippen LogP contribution is 2.22. The summed E-state index contributed by atoms with van der Waals surface area (Å²) in [4.78, 5) is 24.9. The van der Waals surface area contributed by atoms with Crippen molar-refractivity contribution in [1.82, 2.24) is 16.0 Å². The van der Waals surface area contributed by atoms with E-state index in [2.05, 4.69) is 16.0 Å². The summed E-state index contributed by atoms with van der Waals surface area (Å²) in [6.07, 6.45) is 0. The lowest BCUT2D eigenvalue weighted by Crippen LogP contribution is -2.50. The summed E-state index contributed by atoms with van der Waals surface area (Å²) >= 11 is 0. The van der Waals surface area contributed by atoms with Gasteiger partial charge in [0.05, 0.1) is 14.2 Å². The molecule has 2 amide bonds. The van der Waals surface area contributed by atoms with Crippen LogP contribution in [0.5, 0.6) is 11.5 Å². The Bertz CT molecular complexity index is 559. The van der Waals surface area contributed by atoms with Crippen LogP contribution in [0.3, 0.4) is 0 Å². The van der Waals surface area contributed by atoms with Crippen LogP contribution in [0.15, 0.2) is 18.2 Å². The Morgan fingerprint density at radius 3 is 2.08 bits per heavy atom. The fraction of sp³-hybridized carbons (Fsp3) is 0.556. The standard InChI is InChI=1S/C18H29N3O4.ClH/c1-6-19-7-8-20-18(23)16(12(2)3)21-17(22)13-9-14(24-4)11-15(10-13)25-5;/h9-12,16,19H,6-8H2,1-5H3,(H,20,23)(H,21,22);1H. The summed E-state index contributed by atoms with van der Waals surface area (Å²) in [6.45, 7) is 7.83. The molecule has 0 aliphatic rings. The maximum absolute atomic E-state index is 12.6. The third kappa shape index (κ3) is 7.49. The second-order valence-electron chi connectivity index (χ2n) is 5.94. The topological polar surface area (TPSA) is 88.7 Å². The third-order valence-corrected chi connectivity index (χ3v) is 3.70. The van der Waals surface area contributed by atoms with E-state index >= 15 is 0 Å². The number of hydrogen-bond acceptors (Lipinski definition) is 5. The summed E-state index contributed by atoms with van der Waals surface area (Å²) in [5.41, 5.74) is 0.377. The Hall–Kier alpha value is -1.99. The second-order valence-corrected chi connectivity index (χ2v) is 5.94. The minimum atomic E-state index is -0.619. The quantitative estimate of drug-likeness (QED) is 0.531. The molecule has 1 atom stereocenters. The van der Waals surface area contributed by atoms with Crippen LogP contribution in [0, 0.1) is 5.92 Å². The molecule has 3 N–H and O–H groups in total. The minimum absolute atomic E-state index is 0. The number of likely N-dealkylation sites (N-methyl/N-ethyl adjacent to an activating group) is 1. The Morgan fingerprint density at radius 1 is 1.04 bits per heavy atom. The van der Waals surface area contributed by atoms with Crippen molar-refractivity contribution in [2.75, 3.05) is 33.9 Å². The van der Waals surface area contributed by atoms with Gasteiger partial charge in [-0.05, 0) is 24.6 Å². The molecule has 0 saturated carbocycles. The molecule has 0 heterocycles. The van der Waals surface area contributed by atoms with Gasteiger partial charge in [0.25, 0.3) is 5.91 Å². The van der Waals surface area contributed by atoms with Crippen molar-refractivity contribution in [3.8, 4) is 11.5 Å². The van der Waals surface area contributed by atoms with E-state index in [1.54, 1.807) is 18.2 Å². The molecule has 0 bridgehead atoms. The van der Waals surface area contributed by atoms with Crippen LogP contribution in [0.1, 0.15) is 31.1 Å². The summed E-state index contributed by atoms with van der Waals surface area (Å²) < 4.78 is 10.4. The molecular formula is C18H30ClN3O4. The lowest BCUT2D eigenvalue weighted by Gasteiger charge is -2.22. The number of ether oxygens (including phenoxy) is 2. The van der Waals surface area contributed by atoms with Gasteiger partial charge in [-0.3, -0.25) is 9.59 Å². The van der Waals surface area contributed by atoms with E-state index in [1.165, 1.54) is 14.2 Å². The lowest BCUT2D eigenvalue weighted by atomic mass is 10.0. The average molecular weight is 388 g/mol. The van der Waals surface area contributed by atoms with Crippen molar-refractivity contribution in [1.29, 1.82) is 0 Å². The first kappa shape index (κ1) is 24.0. The first-order chi connectivity index (χ1) is 11.9. The summed E-state index contributed by atoms with van der Waals surface area (Å²) in [5, 5.41) is 8.76. The molecule has 0 aliphatic carbocycles. The molecule has 0 spiro atoms. The fourth-order valence-corrected chi connectivity index (χ4v) is 2.26. The van der Waals surface area contributed by atoms with Crippen LogP contribution in [0.4, 0.5) is 0 Å². The third-order valence-electron chi connectivity index (χ3n) is 3.70. The van der Waals surface area contributed by atoms with Gasteiger partial charge in [-0.2, -0.15) is 0 Å². The van der Waals surface area contributed by atoms with Gasteiger partial charge >= 0.3 is 0 Å². The largest absolute Gasteiger partial charge is 0.497 e. The van der Waals surface area contributed by atoms with Gasteiger partial charge in [-0.25, -0.2) is 0 Å². The molecule has 7 nitrogen and oxygen atoms in total. The van der Waals surface area contributed by atoms with Crippen molar-refractivity contribution in [2.24, 2.45) is 5.92 Å². The monoisotopic (exact) mass is 387 g/mol. The molecule has 1 rings (SSSR count). The Labute approximate surface area is 161 Å². The Kier molecular flexibility index (Phi) is 11.4. The molecule has 8 heteroatoms. The lowest BCUT2D eigenvalue weighted by molar-refractivity contribution is -0.123. The molecule has 0 radical (unpaired) electrons. The fourth-order valence-electron chi connectivity index (χ4n) is 2.26. The van der Waals surface area contributed by atoms with Crippen molar-refractivity contribution in [3.63, 3.8) is 0 Å². The predicted octanol–water partition coefficient (Wildman–Crippen LogP) is 1.61. The smallest absolute Gasteiger partial charge is 0.252 e. The van der Waals surface area contributed by atoms with Crippen LogP contribution < -0.4 is 25.4 Å². The highest BCUT2D eigenvalue weighted by molar-refractivity contribution is 5.98. The number of amides is 2. The molecule has 148 valence electrons. The van der Waals surface area contributed by atoms with E-state index in [9.17, 15) is 9.59 Å². The van der Waals surface area contributed by atoms with E-state index in [4.69, 9.17) is 9.47 Å². The normalized spacial score (nSPS) is 11.3. The average Bonchev–Trinajstić information content (AvgIpc) is 2.61. The highest BCUT2D eigenvalue weighted by atomic mass is 35.5. The van der Waals surface area contributed by atoms with Crippen molar-refractivity contribution in [2.45, 2.75) is 26.8 Å². The van der Waals surface area contributed by atoms with Gasteiger partial charge in [0.15, 0.2) is 0 Å². The number of halogens is 1. The van der Waals surface area contributed by atoms with Crippen LogP contribution in [-0.4, -0.2) is 51.7 Å². The van der Waals surface area contributed by atoms with Gasteiger partial charge in [-0.1, -0.05) is 20.8 Å². The molecule has 0 saturated heterocycles. The zero-order chi connectivity index (χ0) is 18.8. The molecule has 1 aromatic carbocycles. The van der Waals surface area contributed by atoms with E-state index < -0.39 is 6.04 Å². The predicted molar refractivity (Wildman–Crippen MR) is 104 cm³/mol. The number of carbonyl (C=O) groups excluding carboxylic acids is 2. The molecule has 0 aromatic heterocycles. The summed E-state index contributed by atoms with van der Waals surface area (Å²) in [7, 11) is 3.04. The van der Waals surface area contributed by atoms with Crippen LogP contribution in [-0.2, 0) is 4.79 Å². The molecule has 0 aliphatic heterocycles. The number of methoxy groups -OCH3 is 2. The summed E-state index contributed by atoms with van der Waals surface area (Å²) in [6, 6.07) is 4.28. The molecule has 1 unspecified atom stereocenters. The van der Waals surface area contributed by atoms with E-state index in [-0.39, 0.29) is 30.1 Å². The van der Waals surface area contributed by atoms with E-state index in [1.807, 2.05) is 20.8 Å². The zero-order valence-corrected chi connectivity index (χ0v) is 16.9. The van der Waals surface area contributed by atoms with Crippen molar-refractivity contribution >= 4 is 24.2 Å². The van der Waals surface area contributed by atoms with E-state index in [0.29, 0.717) is 30.2 Å². The number of carbonyl (C=O) groups is 2. The highest BCUT2D eigenvalue weighted by Gasteiger charge is 2.24. The first-order valence-corrected chi connectivity index (χ1v) is 8.45. The number of nitrogens with one attached hydrogen (secondary N) is 3. The number of hydrogen-bond donors (Lipinski definition) is 3. The van der Waals surface area contributed by atoms with Crippen molar-refractivity contribution < 1.29 is 19.1 Å². The van der Waals surface area contributed by atoms with Gasteiger partial charge < -0.3 is 25.4 Å². The van der Waals surface area contributed by atoms with Gasteiger partial charge in [0.1, 0.15) is 17.5 Å². The van der Waals surface area contributed by atoms with Crippen LogP contribution in [0.25, 0.3) is 0 Å². The molecular weight excluding hydrogens is 358 g/mol. The van der Waals surface area contributed by atoms with Crippen LogP contribution in [0.2, 0.25) is 0 Å². The zero-order valence-electron chi connectivity index (χ0n) is 16.0. The maximum atomic E-state index is 12.6. The van der Waals surface area contributed by atoms with E-state index in [0.717, 1.165) is 6.54 Å². The maximum Gasteiger partial charge on any atom is 0.252 e. The van der Waals surface area contributed by atoms with Crippen LogP contribution >= 0.6 is 12.4 Å². The van der Waals surface area contributed by atoms with Gasteiger partial charge in [0.2, 0.25) is 5.91 Å². The first-order valence-electron chi connectivity index (χ1n) is 8.45. The Morgan fingerprint density at radius 2 is 1.62 bits per heavy atom. The minimum Gasteiger partial charge on any atom is -0.497 e. The van der Waals surface area contributed by atoms with Gasteiger partial charge in [-0.15, -0.1) is 12.4 Å². The van der Waals surface area contributed by atoms with Crippen molar-refractivity contribution in [3.05, 3.63) is 23.8 Å². The second kappa shape index (κ2) is 12.4. The summed E-state index contributed by atoms with van der Waals surface area (Å²) in [5.74, 6) is 0.436. The Balaban J connectivity index is 0.00000625. The molecule has 26 heavy (non-hydrogen) atoms. The molecule has 1 aromatic rings. The van der Waals surface area contributed by atoms with Gasteiger partial charge in [0, 0.05) is 24.7 Å². The number of rotatable bonds is 10. The number of benzene rings is 1.